The molecule has 1 aliphatic carbocycles. The third kappa shape index (κ3) is 4.40. The van der Waals surface area contributed by atoms with Crippen LogP contribution in [0.25, 0.3) is 27.8 Å². The van der Waals surface area contributed by atoms with Crippen molar-refractivity contribution in [1.82, 2.24) is 34.6 Å². The second-order valence-electron chi connectivity index (χ2n) is 9.70. The normalized spacial score (nSPS) is 17.9. The highest BCUT2D eigenvalue weighted by Crippen LogP contribution is 2.28. The van der Waals surface area contributed by atoms with E-state index >= 15 is 0 Å². The van der Waals surface area contributed by atoms with Crippen LogP contribution in [0, 0.1) is 12.8 Å². The van der Waals surface area contributed by atoms with Crippen molar-refractivity contribution in [3.63, 3.8) is 0 Å². The van der Waals surface area contributed by atoms with Crippen LogP contribution in [0.4, 0.5) is 0 Å². The molecule has 1 fully saturated rings. The molecular formula is C27H26ClN7O2. The number of imidazole rings is 1. The van der Waals surface area contributed by atoms with Crippen LogP contribution in [0.2, 0.25) is 5.02 Å². The van der Waals surface area contributed by atoms with Gasteiger partial charge in [0.25, 0.3) is 5.91 Å². The first-order chi connectivity index (χ1) is 18.0. The highest BCUT2D eigenvalue weighted by atomic mass is 35.5. The Morgan fingerprint density at radius 3 is 2.68 bits per heavy atom. The molecule has 1 amide bonds. The monoisotopic (exact) mass is 515 g/mol. The van der Waals surface area contributed by atoms with Crippen molar-refractivity contribution in [2.75, 3.05) is 0 Å². The van der Waals surface area contributed by atoms with Gasteiger partial charge < -0.3 is 5.32 Å². The zero-order chi connectivity index (χ0) is 25.5. The van der Waals surface area contributed by atoms with Gasteiger partial charge in [0.1, 0.15) is 0 Å². The van der Waals surface area contributed by atoms with Crippen LogP contribution in [-0.2, 0) is 6.54 Å². The molecule has 188 valence electrons. The minimum atomic E-state index is -0.140. The molecule has 1 aliphatic rings. The molecule has 0 bridgehead atoms. The van der Waals surface area contributed by atoms with E-state index in [1.54, 1.807) is 36.1 Å². The van der Waals surface area contributed by atoms with E-state index in [1.807, 2.05) is 34.9 Å². The first-order valence-electron chi connectivity index (χ1n) is 12.4. The Bertz CT molecular complexity index is 1680. The lowest BCUT2D eigenvalue weighted by atomic mass is 9.85. The van der Waals surface area contributed by atoms with Crippen molar-refractivity contribution in [2.45, 2.75) is 45.2 Å². The number of rotatable bonds is 5. The molecular weight excluding hydrogens is 490 g/mol. The maximum absolute atomic E-state index is 13.7. The van der Waals surface area contributed by atoms with Crippen LogP contribution in [-0.4, -0.2) is 41.2 Å². The summed E-state index contributed by atoms with van der Waals surface area (Å²) in [5, 5.41) is 11.3. The summed E-state index contributed by atoms with van der Waals surface area (Å²) in [7, 11) is 0. The number of aromatic amines is 1. The molecule has 0 saturated heterocycles. The molecule has 0 atom stereocenters. The van der Waals surface area contributed by atoms with E-state index in [0.29, 0.717) is 40.1 Å². The number of amides is 1. The lowest BCUT2D eigenvalue weighted by Crippen LogP contribution is -2.39. The van der Waals surface area contributed by atoms with Gasteiger partial charge in [-0.05, 0) is 62.8 Å². The third-order valence-electron chi connectivity index (χ3n) is 7.29. The molecule has 0 radical (unpaired) electrons. The molecule has 10 heteroatoms. The number of aromatic nitrogens is 6. The van der Waals surface area contributed by atoms with Crippen molar-refractivity contribution < 1.29 is 4.79 Å². The number of hydrogen-bond acceptors (Lipinski definition) is 5. The van der Waals surface area contributed by atoms with E-state index in [9.17, 15) is 9.59 Å². The average Bonchev–Trinajstić information content (AvgIpc) is 3.48. The van der Waals surface area contributed by atoms with Gasteiger partial charge in [-0.25, -0.2) is 9.78 Å². The van der Waals surface area contributed by atoms with Crippen LogP contribution in [0.5, 0.6) is 0 Å². The van der Waals surface area contributed by atoms with Crippen molar-refractivity contribution in [2.24, 2.45) is 5.92 Å². The Morgan fingerprint density at radius 1 is 1.08 bits per heavy atom. The second-order valence-corrected chi connectivity index (χ2v) is 10.1. The number of carbonyl (C=O) groups is 1. The molecule has 0 spiro atoms. The Kier molecular flexibility index (Phi) is 6.00. The van der Waals surface area contributed by atoms with Gasteiger partial charge in [-0.1, -0.05) is 23.7 Å². The van der Waals surface area contributed by atoms with Crippen molar-refractivity contribution >= 4 is 39.6 Å². The number of benzene rings is 1. The summed E-state index contributed by atoms with van der Waals surface area (Å²) >= 11 is 6.04. The Labute approximate surface area is 217 Å². The van der Waals surface area contributed by atoms with E-state index in [1.165, 1.54) is 0 Å². The zero-order valence-electron chi connectivity index (χ0n) is 20.3. The van der Waals surface area contributed by atoms with Crippen LogP contribution in [0.15, 0.2) is 59.8 Å². The molecule has 4 heterocycles. The Morgan fingerprint density at radius 2 is 1.86 bits per heavy atom. The number of nitrogens with one attached hydrogen (secondary N) is 2. The molecule has 1 aromatic carbocycles. The lowest BCUT2D eigenvalue weighted by Gasteiger charge is -2.29. The zero-order valence-corrected chi connectivity index (χ0v) is 21.1. The van der Waals surface area contributed by atoms with Crippen LogP contribution in [0.1, 0.15) is 41.7 Å². The fourth-order valence-electron chi connectivity index (χ4n) is 5.33. The topological polar surface area (TPSA) is 110 Å². The number of halogens is 1. The van der Waals surface area contributed by atoms with Gasteiger partial charge in [0.05, 0.1) is 45.4 Å². The largest absolute Gasteiger partial charge is 0.349 e. The van der Waals surface area contributed by atoms with Gasteiger partial charge in [0.15, 0.2) is 5.65 Å². The van der Waals surface area contributed by atoms with Crippen molar-refractivity contribution in [3.05, 3.63) is 81.8 Å². The predicted octanol–water partition coefficient (Wildman–Crippen LogP) is 4.41. The van der Waals surface area contributed by atoms with E-state index in [-0.39, 0.29) is 17.6 Å². The number of nitrogens with zero attached hydrogens (tertiary/aromatic N) is 5. The van der Waals surface area contributed by atoms with E-state index in [0.717, 1.165) is 42.1 Å². The van der Waals surface area contributed by atoms with Gasteiger partial charge in [0, 0.05) is 24.2 Å². The number of pyridine rings is 2. The van der Waals surface area contributed by atoms with Crippen molar-refractivity contribution in [3.8, 4) is 5.69 Å². The number of aryl methyl sites for hydroxylation is 1. The number of H-pyrrole nitrogens is 1. The molecule has 0 aliphatic heterocycles. The first-order valence-corrected chi connectivity index (χ1v) is 12.8. The first kappa shape index (κ1) is 23.4. The van der Waals surface area contributed by atoms with E-state index in [4.69, 9.17) is 11.6 Å². The number of hydrogen-bond donors (Lipinski definition) is 2. The maximum Gasteiger partial charge on any atom is 0.333 e. The maximum atomic E-state index is 13.7. The van der Waals surface area contributed by atoms with Gasteiger partial charge in [0.2, 0.25) is 0 Å². The number of para-hydroxylation sites is 2. The molecule has 6 rings (SSSR count). The summed E-state index contributed by atoms with van der Waals surface area (Å²) in [5.41, 5.74) is 4.25. The molecule has 1 saturated carbocycles. The van der Waals surface area contributed by atoms with Crippen molar-refractivity contribution in [1.29, 1.82) is 0 Å². The lowest BCUT2D eigenvalue weighted by molar-refractivity contribution is 0.0919. The minimum absolute atomic E-state index is 0.0785. The summed E-state index contributed by atoms with van der Waals surface area (Å²) < 4.78 is 3.60. The molecule has 5 aromatic rings. The SMILES string of the molecule is Cc1ncc(Cl)cc1C(=O)N[C@H]1CC[C@H](Cn2c(=O)n(-c3cnc4[nH]ncc4c3)c3ccccc32)CC1. The molecule has 0 unspecified atom stereocenters. The molecule has 37 heavy (non-hydrogen) atoms. The van der Waals surface area contributed by atoms with Gasteiger partial charge in [-0.15, -0.1) is 0 Å². The summed E-state index contributed by atoms with van der Waals surface area (Å²) in [6, 6.07) is 11.5. The molecule has 2 N–H and O–H groups in total. The summed E-state index contributed by atoms with van der Waals surface area (Å²) in [6.45, 7) is 2.44. The second kappa shape index (κ2) is 9.48. The Balaban J connectivity index is 1.20. The average molecular weight is 516 g/mol. The van der Waals surface area contributed by atoms with Gasteiger partial charge in [-0.3, -0.25) is 24.0 Å². The summed E-state index contributed by atoms with van der Waals surface area (Å²) in [6.07, 6.45) is 8.51. The van der Waals surface area contributed by atoms with Crippen LogP contribution < -0.4 is 11.0 Å². The quantitative estimate of drug-likeness (QED) is 0.360. The Hall–Kier alpha value is -3.98. The number of fused-ring (bicyclic) bond motifs is 2. The summed E-state index contributed by atoms with van der Waals surface area (Å²) in [5.74, 6) is 0.201. The summed E-state index contributed by atoms with van der Waals surface area (Å²) in [4.78, 5) is 35.1. The van der Waals surface area contributed by atoms with Crippen LogP contribution in [0.3, 0.4) is 0 Å². The third-order valence-corrected chi connectivity index (χ3v) is 7.50. The van der Waals surface area contributed by atoms with Crippen LogP contribution >= 0.6 is 11.6 Å². The van der Waals surface area contributed by atoms with Gasteiger partial charge in [-0.2, -0.15) is 5.10 Å². The highest BCUT2D eigenvalue weighted by Gasteiger charge is 2.26. The highest BCUT2D eigenvalue weighted by molar-refractivity contribution is 6.30. The standard InChI is InChI=1S/C27H26ClN7O2/c1-16-22(11-19(28)13-29-16)26(36)32-20-8-6-17(7-9-20)15-34-23-4-2-3-5-24(23)35(27(34)37)21-10-18-12-31-33-25(18)30-14-21/h2-5,10-14,17,20H,6-9,15H2,1H3,(H,32,36)(H,30,31,33)/t17-,20-. The molecule has 9 nitrogen and oxygen atoms in total. The molecule has 4 aromatic heterocycles. The fourth-order valence-corrected chi connectivity index (χ4v) is 5.49. The minimum Gasteiger partial charge on any atom is -0.349 e. The smallest absolute Gasteiger partial charge is 0.333 e. The fraction of sp³-hybridized carbons (Fsp3) is 0.296. The van der Waals surface area contributed by atoms with E-state index < -0.39 is 0 Å². The number of carbonyl (C=O) groups excluding carboxylic acids is 1. The van der Waals surface area contributed by atoms with E-state index in [2.05, 4.69) is 25.5 Å². The predicted molar refractivity (Wildman–Crippen MR) is 142 cm³/mol. The van der Waals surface area contributed by atoms with Gasteiger partial charge >= 0.3 is 5.69 Å².